The molecule has 0 aliphatic carbocycles. The van der Waals surface area contributed by atoms with Crippen molar-refractivity contribution in [2.75, 3.05) is 6.16 Å². The third-order valence-electron chi connectivity index (χ3n) is 2.59. The number of amides is 1. The van der Waals surface area contributed by atoms with Crippen molar-refractivity contribution in [3.8, 4) is 0 Å². The average Bonchev–Trinajstić information content (AvgIpc) is 2.47. The van der Waals surface area contributed by atoms with Gasteiger partial charge in [-0.05, 0) is 29.2 Å². The van der Waals surface area contributed by atoms with Crippen molar-refractivity contribution in [3.05, 3.63) is 71.1 Å². The Morgan fingerprint density at radius 3 is 1.89 bits per heavy atom. The largest absolute Gasteiger partial charge is 0.292 e. The van der Waals surface area contributed by atoms with E-state index in [1.807, 2.05) is 60.7 Å². The molecule has 0 N–H and O–H groups in total. The van der Waals surface area contributed by atoms with Crippen LogP contribution < -0.4 is 10.6 Å². The first-order valence-corrected chi connectivity index (χ1v) is 7.29. The highest BCUT2D eigenvalue weighted by Gasteiger charge is 2.16. The minimum absolute atomic E-state index is 0.243. The number of azide groups is 1. The molecule has 0 atom stereocenters. The summed E-state index contributed by atoms with van der Waals surface area (Å²) in [5, 5.41) is 5.38. The van der Waals surface area contributed by atoms with E-state index in [-0.39, 0.29) is 6.16 Å². The van der Waals surface area contributed by atoms with Crippen LogP contribution in [0.5, 0.6) is 0 Å². The Hall–Kier alpha value is -2.15. The molecular weight excluding hydrogens is 257 g/mol. The Balaban J connectivity index is 2.34. The van der Waals surface area contributed by atoms with E-state index in [9.17, 15) is 4.79 Å². The molecule has 0 bridgehead atoms. The van der Waals surface area contributed by atoms with E-state index in [1.165, 1.54) is 0 Å². The molecule has 4 nitrogen and oxygen atoms in total. The van der Waals surface area contributed by atoms with E-state index in [2.05, 4.69) is 10.0 Å². The molecule has 2 aromatic carbocycles. The van der Waals surface area contributed by atoms with Gasteiger partial charge in [-0.3, -0.25) is 4.79 Å². The van der Waals surface area contributed by atoms with Crippen LogP contribution in [0.4, 0.5) is 0 Å². The van der Waals surface area contributed by atoms with Crippen LogP contribution in [0.1, 0.15) is 0 Å². The van der Waals surface area contributed by atoms with E-state index in [0.29, 0.717) is 0 Å². The highest BCUT2D eigenvalue weighted by atomic mass is 31.1. The van der Waals surface area contributed by atoms with E-state index in [0.717, 1.165) is 10.6 Å². The molecule has 0 unspecified atom stereocenters. The summed E-state index contributed by atoms with van der Waals surface area (Å²) in [6.45, 7) is 0. The van der Waals surface area contributed by atoms with Crippen molar-refractivity contribution < 1.29 is 4.79 Å². The van der Waals surface area contributed by atoms with Gasteiger partial charge in [0.15, 0.2) is 0 Å². The first-order chi connectivity index (χ1) is 9.31. The average molecular weight is 269 g/mol. The van der Waals surface area contributed by atoms with E-state index in [1.54, 1.807) is 0 Å². The van der Waals surface area contributed by atoms with Crippen LogP contribution in [0.25, 0.3) is 10.4 Å². The summed E-state index contributed by atoms with van der Waals surface area (Å²) in [5.41, 5.74) is 8.34. The minimum Gasteiger partial charge on any atom is -0.292 e. The summed E-state index contributed by atoms with van der Waals surface area (Å²) in [5.74, 6) is -0.415. The maximum absolute atomic E-state index is 11.6. The topological polar surface area (TPSA) is 65.8 Å². The van der Waals surface area contributed by atoms with Crippen LogP contribution in [0.3, 0.4) is 0 Å². The number of nitrogens with zero attached hydrogens (tertiary/aromatic N) is 3. The zero-order valence-electron chi connectivity index (χ0n) is 10.2. The van der Waals surface area contributed by atoms with Gasteiger partial charge in [-0.2, -0.15) is 0 Å². The van der Waals surface area contributed by atoms with Crippen LogP contribution in [-0.4, -0.2) is 12.1 Å². The second kappa shape index (κ2) is 6.69. The van der Waals surface area contributed by atoms with Gasteiger partial charge in [0.1, 0.15) is 0 Å². The Kier molecular flexibility index (Phi) is 4.68. The molecule has 94 valence electrons. The van der Waals surface area contributed by atoms with E-state index < -0.39 is 13.8 Å². The van der Waals surface area contributed by atoms with Crippen molar-refractivity contribution in [2.24, 2.45) is 5.11 Å². The second-order valence-corrected chi connectivity index (χ2v) is 6.05. The van der Waals surface area contributed by atoms with Crippen molar-refractivity contribution in [1.29, 1.82) is 0 Å². The Labute approximate surface area is 112 Å². The fraction of sp³-hybridized carbons (Fsp3) is 0.0714. The highest BCUT2D eigenvalue weighted by Crippen LogP contribution is 2.33. The maximum Gasteiger partial charge on any atom is 0.223 e. The third-order valence-corrected chi connectivity index (χ3v) is 5.02. The van der Waals surface area contributed by atoms with Gasteiger partial charge in [0.25, 0.3) is 0 Å². The van der Waals surface area contributed by atoms with Crippen LogP contribution in [-0.2, 0) is 4.79 Å². The molecule has 0 aliphatic heterocycles. The zero-order valence-corrected chi connectivity index (χ0v) is 11.1. The lowest BCUT2D eigenvalue weighted by Crippen LogP contribution is -2.17. The van der Waals surface area contributed by atoms with Gasteiger partial charge in [0.05, 0.1) is 0 Å². The molecular formula is C14H12N3OP. The van der Waals surface area contributed by atoms with Crippen LogP contribution >= 0.6 is 7.92 Å². The Morgan fingerprint density at radius 2 is 1.47 bits per heavy atom. The molecule has 0 fully saturated rings. The molecule has 0 heterocycles. The SMILES string of the molecule is [N-]=[N+]=NC(=O)CP(c1ccccc1)c1ccccc1. The number of carbonyl (C=O) groups excluding carboxylic acids is 1. The molecule has 5 heteroatoms. The second-order valence-electron chi connectivity index (χ2n) is 3.84. The molecule has 19 heavy (non-hydrogen) atoms. The van der Waals surface area contributed by atoms with Crippen LogP contribution in [0, 0.1) is 0 Å². The lowest BCUT2D eigenvalue weighted by Gasteiger charge is -2.16. The van der Waals surface area contributed by atoms with Crippen LogP contribution in [0.15, 0.2) is 65.8 Å². The molecule has 0 saturated heterocycles. The quantitative estimate of drug-likeness (QED) is 0.364. The Morgan fingerprint density at radius 1 is 1.00 bits per heavy atom. The van der Waals surface area contributed by atoms with Crippen molar-refractivity contribution in [1.82, 2.24) is 0 Å². The number of carbonyl (C=O) groups is 1. The fourth-order valence-electron chi connectivity index (χ4n) is 1.76. The molecule has 0 aromatic heterocycles. The summed E-state index contributed by atoms with van der Waals surface area (Å²) >= 11 is 0. The van der Waals surface area contributed by atoms with Gasteiger partial charge in [-0.1, -0.05) is 60.7 Å². The summed E-state index contributed by atoms with van der Waals surface area (Å²) in [6.07, 6.45) is 0.243. The smallest absolute Gasteiger partial charge is 0.223 e. The standard InChI is InChI=1S/C14H12N3OP/c15-17-16-14(18)11-19(12-7-3-1-4-8-12)13-9-5-2-6-10-13/h1-10H,11H2. The molecule has 1 amide bonds. The van der Waals surface area contributed by atoms with Gasteiger partial charge in [-0.25, -0.2) is 0 Å². The molecule has 0 saturated carbocycles. The normalized spacial score (nSPS) is 9.95. The summed E-state index contributed by atoms with van der Waals surface area (Å²) < 4.78 is 0. The monoisotopic (exact) mass is 269 g/mol. The van der Waals surface area contributed by atoms with Crippen molar-refractivity contribution in [3.63, 3.8) is 0 Å². The zero-order chi connectivity index (χ0) is 13.5. The number of hydrogen-bond acceptors (Lipinski definition) is 1. The van der Waals surface area contributed by atoms with Crippen molar-refractivity contribution in [2.45, 2.75) is 0 Å². The van der Waals surface area contributed by atoms with Gasteiger partial charge in [0.2, 0.25) is 5.91 Å². The first kappa shape index (κ1) is 13.3. The van der Waals surface area contributed by atoms with Gasteiger partial charge >= 0.3 is 0 Å². The fourth-order valence-corrected chi connectivity index (χ4v) is 3.83. The predicted molar refractivity (Wildman–Crippen MR) is 78.1 cm³/mol. The predicted octanol–water partition coefficient (Wildman–Crippen LogP) is 2.96. The molecule has 0 spiro atoms. The summed E-state index contributed by atoms with van der Waals surface area (Å²) in [7, 11) is -0.816. The Bertz CT molecular complexity index is 555. The summed E-state index contributed by atoms with van der Waals surface area (Å²) in [4.78, 5) is 14.2. The number of rotatable bonds is 4. The lowest BCUT2D eigenvalue weighted by molar-refractivity contribution is -0.115. The third kappa shape index (κ3) is 3.65. The maximum atomic E-state index is 11.6. The first-order valence-electron chi connectivity index (χ1n) is 5.77. The van der Waals surface area contributed by atoms with Gasteiger partial charge in [0, 0.05) is 11.1 Å². The highest BCUT2D eigenvalue weighted by molar-refractivity contribution is 7.73. The van der Waals surface area contributed by atoms with Crippen LogP contribution in [0.2, 0.25) is 0 Å². The van der Waals surface area contributed by atoms with E-state index >= 15 is 0 Å². The summed E-state index contributed by atoms with van der Waals surface area (Å²) in [6, 6.07) is 19.7. The molecule has 2 aromatic rings. The number of hydrogen-bond donors (Lipinski definition) is 0. The van der Waals surface area contributed by atoms with Gasteiger partial charge in [-0.15, -0.1) is 0 Å². The van der Waals surface area contributed by atoms with Crippen molar-refractivity contribution >= 4 is 24.4 Å². The van der Waals surface area contributed by atoms with Gasteiger partial charge < -0.3 is 0 Å². The molecule has 0 aliphatic rings. The lowest BCUT2D eigenvalue weighted by atomic mass is 10.4. The molecule has 0 radical (unpaired) electrons. The molecule has 2 rings (SSSR count). The minimum atomic E-state index is -0.816. The van der Waals surface area contributed by atoms with E-state index in [4.69, 9.17) is 5.53 Å². The number of benzene rings is 2.